The van der Waals surface area contributed by atoms with E-state index in [1.165, 1.54) is 4.90 Å². The predicted octanol–water partition coefficient (Wildman–Crippen LogP) is 4.66. The van der Waals surface area contributed by atoms with Gasteiger partial charge in [-0.2, -0.15) is 0 Å². The number of imide groups is 1. The van der Waals surface area contributed by atoms with Crippen LogP contribution in [0, 0.1) is 6.92 Å². The zero-order valence-electron chi connectivity index (χ0n) is 15.3. The number of hydrogen-bond acceptors (Lipinski definition) is 5. The molecule has 0 bridgehead atoms. The Morgan fingerprint density at radius 1 is 1.04 bits per heavy atom. The highest BCUT2D eigenvalue weighted by Crippen LogP contribution is 2.32. The summed E-state index contributed by atoms with van der Waals surface area (Å²) in [6.07, 6.45) is 1.66. The Hall–Kier alpha value is -3.12. The molecule has 0 saturated carbocycles. The number of amides is 2. The maximum atomic E-state index is 12.6. The lowest BCUT2D eigenvalue weighted by Crippen LogP contribution is -2.32. The van der Waals surface area contributed by atoms with Crippen molar-refractivity contribution in [2.75, 3.05) is 13.2 Å². The van der Waals surface area contributed by atoms with Crippen LogP contribution in [0.5, 0.6) is 5.75 Å². The zero-order valence-corrected chi connectivity index (χ0v) is 16.1. The van der Waals surface area contributed by atoms with E-state index in [2.05, 4.69) is 4.98 Å². The minimum absolute atomic E-state index is 0.201. The Morgan fingerprint density at radius 2 is 1.82 bits per heavy atom. The second-order valence-electron chi connectivity index (χ2n) is 6.36. The van der Waals surface area contributed by atoms with Crippen molar-refractivity contribution >= 4 is 39.8 Å². The van der Waals surface area contributed by atoms with E-state index in [0.29, 0.717) is 10.6 Å². The Balaban J connectivity index is 1.44. The number of hydrogen-bond donors (Lipinski definition) is 0. The van der Waals surface area contributed by atoms with E-state index in [4.69, 9.17) is 4.74 Å². The normalized spacial score (nSPS) is 15.6. The molecule has 2 aromatic carbocycles. The molecule has 1 fully saturated rings. The molecule has 5 nitrogen and oxygen atoms in total. The van der Waals surface area contributed by atoms with E-state index in [9.17, 15) is 9.59 Å². The monoisotopic (exact) mass is 390 g/mol. The van der Waals surface area contributed by atoms with Crippen LogP contribution in [0.4, 0.5) is 4.79 Å². The van der Waals surface area contributed by atoms with Gasteiger partial charge in [-0.05, 0) is 48.3 Å². The van der Waals surface area contributed by atoms with Gasteiger partial charge in [0.2, 0.25) is 0 Å². The highest BCUT2D eigenvalue weighted by atomic mass is 32.2. The van der Waals surface area contributed by atoms with Crippen LogP contribution in [-0.2, 0) is 4.79 Å². The summed E-state index contributed by atoms with van der Waals surface area (Å²) in [4.78, 5) is 30.8. The molecule has 0 aliphatic carbocycles. The fourth-order valence-electron chi connectivity index (χ4n) is 3.04. The predicted molar refractivity (Wildman–Crippen MR) is 111 cm³/mol. The molecule has 1 aromatic heterocycles. The molecule has 0 radical (unpaired) electrons. The maximum Gasteiger partial charge on any atom is 0.293 e. The van der Waals surface area contributed by atoms with Crippen LogP contribution < -0.4 is 4.74 Å². The summed E-state index contributed by atoms with van der Waals surface area (Å²) in [7, 11) is 0. The van der Waals surface area contributed by atoms with Crippen molar-refractivity contribution in [3.05, 3.63) is 77.0 Å². The summed E-state index contributed by atoms with van der Waals surface area (Å²) in [5, 5.41) is 1.80. The number of nitrogens with zero attached hydrogens (tertiary/aromatic N) is 2. The number of thioether (sulfide) groups is 1. The third-order valence-corrected chi connectivity index (χ3v) is 5.29. The molecular formula is C22H18N2O3S. The lowest BCUT2D eigenvalue weighted by atomic mass is 10.1. The fraction of sp³-hybridized carbons (Fsp3) is 0.136. The summed E-state index contributed by atoms with van der Waals surface area (Å²) < 4.78 is 5.86. The first-order valence-corrected chi connectivity index (χ1v) is 9.73. The van der Waals surface area contributed by atoms with Gasteiger partial charge in [-0.1, -0.05) is 42.5 Å². The molecule has 2 heterocycles. The molecule has 3 aromatic rings. The molecule has 0 unspecified atom stereocenters. The van der Waals surface area contributed by atoms with Gasteiger partial charge in [0.25, 0.3) is 11.1 Å². The summed E-state index contributed by atoms with van der Waals surface area (Å²) in [5.41, 5.74) is 1.52. The maximum absolute atomic E-state index is 12.6. The van der Waals surface area contributed by atoms with Gasteiger partial charge in [-0.25, -0.2) is 0 Å². The summed E-state index contributed by atoms with van der Waals surface area (Å²) >= 11 is 0.934. The number of carbonyl (C=O) groups excluding carboxylic acids is 2. The smallest absolute Gasteiger partial charge is 0.293 e. The van der Waals surface area contributed by atoms with Gasteiger partial charge in [0.1, 0.15) is 12.4 Å². The van der Waals surface area contributed by atoms with Crippen molar-refractivity contribution in [3.8, 4) is 5.75 Å². The molecule has 1 aliphatic rings. The SMILES string of the molecule is Cc1cccc(/C=C2\SC(=O)N(CCOc3cccc4ccccc34)C2=O)n1. The summed E-state index contributed by atoms with van der Waals surface area (Å²) in [6.45, 7) is 2.32. The van der Waals surface area contributed by atoms with Gasteiger partial charge in [0.05, 0.1) is 17.1 Å². The molecule has 1 aliphatic heterocycles. The summed E-state index contributed by atoms with van der Waals surface area (Å²) in [5.74, 6) is 0.435. The highest BCUT2D eigenvalue weighted by Gasteiger charge is 2.34. The van der Waals surface area contributed by atoms with Crippen LogP contribution in [0.3, 0.4) is 0 Å². The lowest BCUT2D eigenvalue weighted by Gasteiger charge is -2.14. The van der Waals surface area contributed by atoms with E-state index < -0.39 is 0 Å². The Morgan fingerprint density at radius 3 is 2.68 bits per heavy atom. The van der Waals surface area contributed by atoms with Gasteiger partial charge in [-0.15, -0.1) is 0 Å². The van der Waals surface area contributed by atoms with Crippen LogP contribution in [0.2, 0.25) is 0 Å². The summed E-state index contributed by atoms with van der Waals surface area (Å²) in [6, 6.07) is 19.3. The Kier molecular flexibility index (Phi) is 5.12. The average molecular weight is 390 g/mol. The van der Waals surface area contributed by atoms with Crippen LogP contribution >= 0.6 is 11.8 Å². The number of aryl methyl sites for hydroxylation is 1. The molecule has 140 valence electrons. The van der Waals surface area contributed by atoms with Crippen molar-refractivity contribution in [3.63, 3.8) is 0 Å². The molecule has 1 saturated heterocycles. The van der Waals surface area contributed by atoms with Crippen molar-refractivity contribution in [1.29, 1.82) is 0 Å². The number of carbonyl (C=O) groups is 2. The van der Waals surface area contributed by atoms with Crippen LogP contribution in [-0.4, -0.2) is 34.2 Å². The average Bonchev–Trinajstić information content (AvgIpc) is 2.95. The molecule has 6 heteroatoms. The number of fused-ring (bicyclic) bond motifs is 1. The van der Waals surface area contributed by atoms with Crippen molar-refractivity contribution < 1.29 is 14.3 Å². The number of aromatic nitrogens is 1. The Bertz CT molecular complexity index is 1090. The van der Waals surface area contributed by atoms with E-state index in [1.54, 1.807) is 6.08 Å². The van der Waals surface area contributed by atoms with E-state index in [-0.39, 0.29) is 24.3 Å². The molecule has 4 rings (SSSR count). The quantitative estimate of drug-likeness (QED) is 0.593. The lowest BCUT2D eigenvalue weighted by molar-refractivity contribution is -0.123. The number of pyridine rings is 1. The minimum Gasteiger partial charge on any atom is -0.491 e. The molecule has 28 heavy (non-hydrogen) atoms. The standard InChI is InChI=1S/C22H18N2O3S/c1-15-6-4-9-17(23-15)14-20-21(25)24(22(26)28-20)12-13-27-19-11-5-8-16-7-2-3-10-18(16)19/h2-11,14H,12-13H2,1H3/b20-14-. The fourth-order valence-corrected chi connectivity index (χ4v) is 3.89. The molecule has 0 atom stereocenters. The van der Waals surface area contributed by atoms with E-state index in [1.807, 2.05) is 67.6 Å². The molecular weight excluding hydrogens is 372 g/mol. The van der Waals surface area contributed by atoms with Gasteiger partial charge in [0.15, 0.2) is 0 Å². The first kappa shape index (κ1) is 18.3. The minimum atomic E-state index is -0.306. The third kappa shape index (κ3) is 3.77. The van der Waals surface area contributed by atoms with E-state index >= 15 is 0 Å². The van der Waals surface area contributed by atoms with E-state index in [0.717, 1.165) is 34.0 Å². The first-order chi connectivity index (χ1) is 13.6. The highest BCUT2D eigenvalue weighted by molar-refractivity contribution is 8.18. The molecule has 0 N–H and O–H groups in total. The number of rotatable bonds is 5. The van der Waals surface area contributed by atoms with Crippen molar-refractivity contribution in [2.24, 2.45) is 0 Å². The van der Waals surface area contributed by atoms with Gasteiger partial charge in [0, 0.05) is 11.1 Å². The molecule has 2 amide bonds. The largest absolute Gasteiger partial charge is 0.491 e. The Labute approximate surface area is 167 Å². The van der Waals surface area contributed by atoms with Crippen molar-refractivity contribution in [2.45, 2.75) is 6.92 Å². The number of ether oxygens (including phenoxy) is 1. The molecule has 0 spiro atoms. The van der Waals surface area contributed by atoms with Crippen molar-refractivity contribution in [1.82, 2.24) is 9.88 Å². The third-order valence-electron chi connectivity index (χ3n) is 4.38. The second-order valence-corrected chi connectivity index (χ2v) is 7.36. The first-order valence-electron chi connectivity index (χ1n) is 8.91. The van der Waals surface area contributed by atoms with Crippen LogP contribution in [0.15, 0.2) is 65.6 Å². The second kappa shape index (κ2) is 7.86. The van der Waals surface area contributed by atoms with Crippen LogP contribution in [0.1, 0.15) is 11.4 Å². The van der Waals surface area contributed by atoms with Gasteiger partial charge >= 0.3 is 0 Å². The number of benzene rings is 2. The van der Waals surface area contributed by atoms with Gasteiger partial charge in [-0.3, -0.25) is 19.5 Å². The zero-order chi connectivity index (χ0) is 19.5. The topological polar surface area (TPSA) is 59.5 Å². The van der Waals surface area contributed by atoms with Gasteiger partial charge < -0.3 is 4.74 Å². The van der Waals surface area contributed by atoms with Crippen LogP contribution in [0.25, 0.3) is 16.8 Å².